The van der Waals surface area contributed by atoms with Crippen molar-refractivity contribution in [3.05, 3.63) is 21.9 Å². The second-order valence-corrected chi connectivity index (χ2v) is 9.66. The molecule has 0 saturated carbocycles. The quantitative estimate of drug-likeness (QED) is 0.636. The van der Waals surface area contributed by atoms with Gasteiger partial charge in [-0.3, -0.25) is 9.89 Å². The Morgan fingerprint density at radius 2 is 2.11 bits per heavy atom. The van der Waals surface area contributed by atoms with E-state index in [0.29, 0.717) is 18.2 Å². The van der Waals surface area contributed by atoms with E-state index in [2.05, 4.69) is 40.4 Å². The molecule has 0 amide bonds. The van der Waals surface area contributed by atoms with Gasteiger partial charge in [0.25, 0.3) is 0 Å². The number of fused-ring (bicyclic) bond motifs is 6. The van der Waals surface area contributed by atoms with Crippen molar-refractivity contribution >= 4 is 17.3 Å². The molecular formula is C21H32N4OS. The summed E-state index contributed by atoms with van der Waals surface area (Å²) < 4.78 is 6.13. The fraction of sp³-hybridized carbons (Fsp3) is 0.762. The minimum absolute atomic E-state index is 0.480. The van der Waals surface area contributed by atoms with E-state index in [-0.39, 0.29) is 0 Å². The summed E-state index contributed by atoms with van der Waals surface area (Å²) in [6.45, 7) is 10.8. The highest BCUT2D eigenvalue weighted by atomic mass is 32.1. The van der Waals surface area contributed by atoms with Gasteiger partial charge in [-0.2, -0.15) is 0 Å². The largest absolute Gasteiger partial charge is 0.374 e. The molecule has 2 bridgehead atoms. The zero-order valence-corrected chi connectivity index (χ0v) is 17.4. The molecule has 1 N–H and O–H groups in total. The molecule has 0 spiro atoms. The van der Waals surface area contributed by atoms with Gasteiger partial charge in [0.2, 0.25) is 0 Å². The molecule has 6 heteroatoms. The summed E-state index contributed by atoms with van der Waals surface area (Å²) in [7, 11) is 0. The first kappa shape index (κ1) is 18.0. The van der Waals surface area contributed by atoms with Crippen LogP contribution in [0.4, 0.5) is 0 Å². The first-order chi connectivity index (χ1) is 13.2. The van der Waals surface area contributed by atoms with Crippen molar-refractivity contribution < 1.29 is 4.74 Å². The second-order valence-electron chi connectivity index (χ2n) is 8.66. The summed E-state index contributed by atoms with van der Waals surface area (Å²) in [5.74, 6) is 2.57. The molecule has 148 valence electrons. The fourth-order valence-corrected chi connectivity index (χ4v) is 6.43. The van der Waals surface area contributed by atoms with Gasteiger partial charge in [-0.25, -0.2) is 0 Å². The highest BCUT2D eigenvalue weighted by molar-refractivity contribution is 7.10. The van der Waals surface area contributed by atoms with E-state index >= 15 is 0 Å². The summed E-state index contributed by atoms with van der Waals surface area (Å²) in [6, 6.07) is 2.78. The number of likely N-dealkylation sites (tertiary alicyclic amines) is 1. The monoisotopic (exact) mass is 388 g/mol. The number of guanidine groups is 1. The minimum atomic E-state index is 0.480. The lowest BCUT2D eigenvalue weighted by atomic mass is 9.82. The SMILES string of the molecule is CCNC(=NCC(C)N1CCc2sccc2C1)N1CC2C3CCC(O3)C2C1. The predicted molar refractivity (Wildman–Crippen MR) is 110 cm³/mol. The molecule has 5 rings (SSSR count). The van der Waals surface area contributed by atoms with Crippen LogP contribution in [-0.2, 0) is 17.7 Å². The van der Waals surface area contributed by atoms with E-state index in [9.17, 15) is 0 Å². The zero-order chi connectivity index (χ0) is 18.4. The molecular weight excluding hydrogens is 356 g/mol. The van der Waals surface area contributed by atoms with E-state index in [1.54, 1.807) is 4.88 Å². The summed E-state index contributed by atoms with van der Waals surface area (Å²) in [4.78, 5) is 11.7. The Hall–Kier alpha value is -1.11. The summed E-state index contributed by atoms with van der Waals surface area (Å²) >= 11 is 1.91. The van der Waals surface area contributed by atoms with Crippen LogP contribution in [0, 0.1) is 11.8 Å². The average Bonchev–Trinajstić information content (AvgIpc) is 3.45. The molecule has 1 aromatic heterocycles. The molecule has 27 heavy (non-hydrogen) atoms. The van der Waals surface area contributed by atoms with E-state index < -0.39 is 0 Å². The van der Waals surface area contributed by atoms with Crippen LogP contribution in [-0.4, -0.2) is 66.7 Å². The lowest BCUT2D eigenvalue weighted by Gasteiger charge is -2.32. The molecule has 4 aliphatic rings. The Kier molecular flexibility index (Phi) is 4.90. The molecule has 3 fully saturated rings. The molecule has 1 aromatic rings. The van der Waals surface area contributed by atoms with Crippen LogP contribution in [0.1, 0.15) is 37.1 Å². The smallest absolute Gasteiger partial charge is 0.193 e. The van der Waals surface area contributed by atoms with Crippen LogP contribution in [0.3, 0.4) is 0 Å². The number of thiophene rings is 1. The van der Waals surface area contributed by atoms with Crippen molar-refractivity contribution in [2.24, 2.45) is 16.8 Å². The maximum Gasteiger partial charge on any atom is 0.193 e. The van der Waals surface area contributed by atoms with Crippen LogP contribution < -0.4 is 5.32 Å². The fourth-order valence-electron chi connectivity index (χ4n) is 5.54. The summed E-state index contributed by atoms with van der Waals surface area (Å²) in [5.41, 5.74) is 1.52. The van der Waals surface area contributed by atoms with Crippen molar-refractivity contribution in [1.29, 1.82) is 0 Å². The van der Waals surface area contributed by atoms with Crippen LogP contribution in [0.5, 0.6) is 0 Å². The zero-order valence-electron chi connectivity index (χ0n) is 16.6. The lowest BCUT2D eigenvalue weighted by Crippen LogP contribution is -2.43. The second kappa shape index (κ2) is 7.37. The van der Waals surface area contributed by atoms with Gasteiger partial charge in [-0.1, -0.05) is 0 Å². The predicted octanol–water partition coefficient (Wildman–Crippen LogP) is 2.57. The normalized spacial score (nSPS) is 34.0. The maximum absolute atomic E-state index is 6.13. The van der Waals surface area contributed by atoms with Gasteiger partial charge in [-0.15, -0.1) is 11.3 Å². The van der Waals surface area contributed by atoms with Crippen molar-refractivity contribution in [3.63, 3.8) is 0 Å². The highest BCUT2D eigenvalue weighted by Crippen LogP contribution is 2.47. The number of hydrogen-bond acceptors (Lipinski definition) is 4. The standard InChI is InChI=1S/C21H32N4OS/c1-3-22-21(25-12-16-17(13-25)19-5-4-18(16)26-19)23-10-14(2)24-8-6-20-15(11-24)7-9-27-20/h7,9,14,16-19H,3-6,8,10-13H2,1-2H3,(H,22,23). The van der Waals surface area contributed by atoms with Gasteiger partial charge in [0.15, 0.2) is 5.96 Å². The lowest BCUT2D eigenvalue weighted by molar-refractivity contribution is 0.0767. The topological polar surface area (TPSA) is 40.1 Å². The van der Waals surface area contributed by atoms with E-state index in [1.165, 1.54) is 24.8 Å². The Morgan fingerprint density at radius 3 is 2.85 bits per heavy atom. The van der Waals surface area contributed by atoms with Crippen LogP contribution in [0.25, 0.3) is 0 Å². The Morgan fingerprint density at radius 1 is 1.33 bits per heavy atom. The molecule has 3 saturated heterocycles. The van der Waals surface area contributed by atoms with Crippen molar-refractivity contribution in [3.8, 4) is 0 Å². The van der Waals surface area contributed by atoms with Gasteiger partial charge in [0.05, 0.1) is 18.8 Å². The Labute approximate surface area is 166 Å². The maximum atomic E-state index is 6.13. The number of nitrogens with one attached hydrogen (secondary N) is 1. The van der Waals surface area contributed by atoms with Gasteiger partial charge in [0.1, 0.15) is 0 Å². The van der Waals surface area contributed by atoms with Crippen LogP contribution >= 0.6 is 11.3 Å². The van der Waals surface area contributed by atoms with Gasteiger partial charge < -0.3 is 15.0 Å². The molecule has 5 nitrogen and oxygen atoms in total. The number of nitrogens with zero attached hydrogens (tertiary/aromatic N) is 3. The first-order valence-electron chi connectivity index (χ1n) is 10.7. The molecule has 5 heterocycles. The summed E-state index contributed by atoms with van der Waals surface area (Å²) in [5, 5.41) is 5.79. The molecule has 5 atom stereocenters. The Bertz CT molecular complexity index is 686. The third-order valence-electron chi connectivity index (χ3n) is 7.05. The van der Waals surface area contributed by atoms with Gasteiger partial charge in [0, 0.05) is 55.5 Å². The number of hydrogen-bond donors (Lipinski definition) is 1. The molecule has 0 aliphatic carbocycles. The Balaban J connectivity index is 1.22. The number of aliphatic imine (C=N–C) groups is 1. The third-order valence-corrected chi connectivity index (χ3v) is 8.08. The van der Waals surface area contributed by atoms with E-state index in [0.717, 1.165) is 57.1 Å². The van der Waals surface area contributed by atoms with Crippen LogP contribution in [0.2, 0.25) is 0 Å². The molecule has 0 radical (unpaired) electrons. The highest BCUT2D eigenvalue weighted by Gasteiger charge is 2.53. The molecule has 0 aromatic carbocycles. The van der Waals surface area contributed by atoms with E-state index in [4.69, 9.17) is 9.73 Å². The minimum Gasteiger partial charge on any atom is -0.374 e. The van der Waals surface area contributed by atoms with Crippen molar-refractivity contribution in [1.82, 2.24) is 15.1 Å². The van der Waals surface area contributed by atoms with Crippen LogP contribution in [0.15, 0.2) is 16.4 Å². The number of ether oxygens (including phenoxy) is 1. The third kappa shape index (κ3) is 3.30. The van der Waals surface area contributed by atoms with Gasteiger partial charge >= 0.3 is 0 Å². The first-order valence-corrected chi connectivity index (χ1v) is 11.6. The van der Waals surface area contributed by atoms with Gasteiger partial charge in [-0.05, 0) is 50.1 Å². The summed E-state index contributed by atoms with van der Waals surface area (Å²) in [6.07, 6.45) is 4.76. The molecule has 5 unspecified atom stereocenters. The average molecular weight is 389 g/mol. The van der Waals surface area contributed by atoms with Crippen molar-refractivity contribution in [2.45, 2.75) is 57.9 Å². The molecule has 4 aliphatic heterocycles. The van der Waals surface area contributed by atoms with E-state index in [1.807, 2.05) is 11.3 Å². The number of rotatable bonds is 4. The van der Waals surface area contributed by atoms with Crippen molar-refractivity contribution in [2.75, 3.05) is 32.7 Å².